The number of carbonyl (C=O) groups excluding carboxylic acids is 1. The van der Waals surface area contributed by atoms with Crippen molar-refractivity contribution in [2.75, 3.05) is 13.2 Å². The highest BCUT2D eigenvalue weighted by molar-refractivity contribution is 7.14. The summed E-state index contributed by atoms with van der Waals surface area (Å²) in [7, 11) is 0. The van der Waals surface area contributed by atoms with E-state index in [1.165, 1.54) is 10.4 Å². The van der Waals surface area contributed by atoms with Crippen molar-refractivity contribution in [2.45, 2.75) is 38.6 Å². The van der Waals surface area contributed by atoms with Crippen molar-refractivity contribution in [1.82, 2.24) is 10.2 Å². The Morgan fingerprint density at radius 2 is 2.20 bits per heavy atom. The highest BCUT2D eigenvalue weighted by Gasteiger charge is 2.39. The fourth-order valence-corrected chi connectivity index (χ4v) is 4.73. The molecule has 132 valence electrons. The van der Waals surface area contributed by atoms with Crippen LogP contribution >= 0.6 is 22.9 Å². The molecule has 0 radical (unpaired) electrons. The molecule has 2 aliphatic rings. The van der Waals surface area contributed by atoms with E-state index in [-0.39, 0.29) is 17.6 Å². The minimum atomic E-state index is -0.334. The average molecular weight is 377 g/mol. The number of hydrogen-bond acceptors (Lipinski definition) is 4. The lowest BCUT2D eigenvalue weighted by Gasteiger charge is -2.45. The molecule has 4 rings (SSSR count). The maximum atomic E-state index is 13.2. The van der Waals surface area contributed by atoms with Crippen LogP contribution in [0.1, 0.15) is 45.6 Å². The van der Waals surface area contributed by atoms with Gasteiger partial charge in [-0.05, 0) is 43.2 Å². The number of nitrogens with zero attached hydrogens (tertiary/aromatic N) is 1. The summed E-state index contributed by atoms with van der Waals surface area (Å²) in [4.78, 5) is 17.3. The van der Waals surface area contributed by atoms with Crippen LogP contribution in [0.15, 0.2) is 30.3 Å². The van der Waals surface area contributed by atoms with Crippen molar-refractivity contribution in [2.24, 2.45) is 0 Å². The summed E-state index contributed by atoms with van der Waals surface area (Å²) in [6.45, 7) is 6.88. The maximum Gasteiger partial charge on any atom is 0.264 e. The van der Waals surface area contributed by atoms with Crippen molar-refractivity contribution < 1.29 is 9.53 Å². The fourth-order valence-electron chi connectivity index (χ4n) is 3.43. The van der Waals surface area contributed by atoms with Gasteiger partial charge in [-0.2, -0.15) is 0 Å². The van der Waals surface area contributed by atoms with E-state index in [0.717, 1.165) is 23.5 Å². The first kappa shape index (κ1) is 17.0. The third-order valence-electron chi connectivity index (χ3n) is 4.89. The van der Waals surface area contributed by atoms with Crippen LogP contribution in [0.25, 0.3) is 0 Å². The normalized spacial score (nSPS) is 22.0. The third kappa shape index (κ3) is 3.22. The largest absolute Gasteiger partial charge is 0.369 e. The van der Waals surface area contributed by atoms with Gasteiger partial charge in [0, 0.05) is 23.0 Å². The molecule has 2 aliphatic heterocycles. The summed E-state index contributed by atoms with van der Waals surface area (Å²) in [5, 5.41) is 4.00. The van der Waals surface area contributed by atoms with Gasteiger partial charge in [0.25, 0.3) is 5.91 Å². The minimum Gasteiger partial charge on any atom is -0.369 e. The van der Waals surface area contributed by atoms with Gasteiger partial charge in [-0.15, -0.1) is 11.3 Å². The molecule has 4 nitrogen and oxygen atoms in total. The molecule has 0 spiro atoms. The van der Waals surface area contributed by atoms with Crippen molar-refractivity contribution >= 4 is 28.8 Å². The lowest BCUT2D eigenvalue weighted by molar-refractivity contribution is -0.0845. The Bertz CT molecular complexity index is 796. The summed E-state index contributed by atoms with van der Waals surface area (Å²) in [5.74, 6) is 0.0970. The van der Waals surface area contributed by atoms with Gasteiger partial charge in [-0.25, -0.2) is 0 Å². The Hall–Kier alpha value is -1.40. The summed E-state index contributed by atoms with van der Waals surface area (Å²) >= 11 is 7.73. The van der Waals surface area contributed by atoms with Crippen LogP contribution < -0.4 is 5.32 Å². The van der Waals surface area contributed by atoms with Gasteiger partial charge in [-0.1, -0.05) is 23.7 Å². The number of benzene rings is 1. The predicted octanol–water partition coefficient (Wildman–Crippen LogP) is 4.00. The highest BCUT2D eigenvalue weighted by atomic mass is 35.5. The Morgan fingerprint density at radius 1 is 1.36 bits per heavy atom. The second-order valence-electron chi connectivity index (χ2n) is 7.25. The van der Waals surface area contributed by atoms with Crippen LogP contribution in [0.2, 0.25) is 5.02 Å². The quantitative estimate of drug-likeness (QED) is 0.861. The van der Waals surface area contributed by atoms with Gasteiger partial charge in [0.05, 0.1) is 23.6 Å². The topological polar surface area (TPSA) is 41.6 Å². The molecule has 25 heavy (non-hydrogen) atoms. The number of nitrogens with one attached hydrogen (secondary N) is 1. The Balaban J connectivity index is 1.60. The molecule has 6 heteroatoms. The first-order valence-electron chi connectivity index (χ1n) is 8.45. The van der Waals surface area contributed by atoms with Gasteiger partial charge in [0.15, 0.2) is 0 Å². The molecule has 1 N–H and O–H groups in total. The molecule has 3 heterocycles. The van der Waals surface area contributed by atoms with Gasteiger partial charge < -0.3 is 15.0 Å². The molecular formula is C19H21ClN2O2S. The van der Waals surface area contributed by atoms with Crippen LogP contribution in [0.3, 0.4) is 0 Å². The highest BCUT2D eigenvalue weighted by Crippen LogP contribution is 2.34. The molecule has 1 unspecified atom stereocenters. The molecule has 1 amide bonds. The summed E-state index contributed by atoms with van der Waals surface area (Å²) in [6.07, 6.45) is -0.149. The molecular weight excluding hydrogens is 356 g/mol. The van der Waals surface area contributed by atoms with Crippen molar-refractivity contribution in [3.8, 4) is 0 Å². The molecule has 1 aromatic carbocycles. The van der Waals surface area contributed by atoms with E-state index in [2.05, 4.69) is 19.2 Å². The van der Waals surface area contributed by atoms with E-state index in [4.69, 9.17) is 16.3 Å². The lowest BCUT2D eigenvalue weighted by Crippen LogP contribution is -2.56. The average Bonchev–Trinajstić information content (AvgIpc) is 3.15. The fraction of sp³-hybridized carbons (Fsp3) is 0.421. The van der Waals surface area contributed by atoms with Gasteiger partial charge in [0.2, 0.25) is 0 Å². The van der Waals surface area contributed by atoms with Gasteiger partial charge in [0.1, 0.15) is 6.10 Å². The van der Waals surface area contributed by atoms with Crippen LogP contribution in [0.4, 0.5) is 0 Å². The van der Waals surface area contributed by atoms with E-state index < -0.39 is 0 Å². The van der Waals surface area contributed by atoms with E-state index in [0.29, 0.717) is 18.2 Å². The van der Waals surface area contributed by atoms with Crippen molar-refractivity contribution in [1.29, 1.82) is 0 Å². The maximum absolute atomic E-state index is 13.2. The first-order valence-corrected chi connectivity index (χ1v) is 9.65. The zero-order valence-electron chi connectivity index (χ0n) is 14.3. The third-order valence-corrected chi connectivity index (χ3v) is 6.29. The summed E-state index contributed by atoms with van der Waals surface area (Å²) in [6, 6.07) is 9.73. The minimum absolute atomic E-state index is 0.0970. The van der Waals surface area contributed by atoms with Crippen molar-refractivity contribution in [3.05, 3.63) is 56.2 Å². The number of hydrogen-bond donors (Lipinski definition) is 1. The number of carbonyl (C=O) groups is 1. The monoisotopic (exact) mass is 376 g/mol. The summed E-state index contributed by atoms with van der Waals surface area (Å²) in [5.41, 5.74) is 1.93. The second kappa shape index (κ2) is 6.40. The SMILES string of the molecule is CC1(C)COC(c2cccc(Cl)c2)CN1C(=O)c1cc2c(s1)CNC2. The molecule has 1 atom stereocenters. The van der Waals surface area contributed by atoms with E-state index in [1.54, 1.807) is 11.3 Å². The zero-order valence-corrected chi connectivity index (χ0v) is 15.9. The molecule has 0 bridgehead atoms. The van der Waals surface area contributed by atoms with Crippen molar-refractivity contribution in [3.63, 3.8) is 0 Å². The Labute approximate surface area is 156 Å². The smallest absolute Gasteiger partial charge is 0.264 e. The van der Waals surface area contributed by atoms with Gasteiger partial charge >= 0.3 is 0 Å². The van der Waals surface area contributed by atoms with E-state index in [9.17, 15) is 4.79 Å². The molecule has 0 saturated carbocycles. The molecule has 2 aromatic rings. The van der Waals surface area contributed by atoms with Crippen LogP contribution in [-0.2, 0) is 17.8 Å². The second-order valence-corrected chi connectivity index (χ2v) is 8.82. The number of amides is 1. The number of halogens is 1. The Morgan fingerprint density at radius 3 is 2.96 bits per heavy atom. The van der Waals surface area contributed by atoms with Crippen LogP contribution in [0.5, 0.6) is 0 Å². The first-order chi connectivity index (χ1) is 11.9. The van der Waals surface area contributed by atoms with E-state index in [1.807, 2.05) is 35.2 Å². The molecule has 1 aromatic heterocycles. The number of thiophene rings is 1. The van der Waals surface area contributed by atoms with E-state index >= 15 is 0 Å². The number of rotatable bonds is 2. The number of fused-ring (bicyclic) bond motifs is 1. The molecule has 1 fully saturated rings. The predicted molar refractivity (Wildman–Crippen MR) is 100 cm³/mol. The van der Waals surface area contributed by atoms with Gasteiger partial charge in [-0.3, -0.25) is 4.79 Å². The van der Waals surface area contributed by atoms with Crippen LogP contribution in [-0.4, -0.2) is 29.5 Å². The summed E-state index contributed by atoms with van der Waals surface area (Å²) < 4.78 is 6.05. The van der Waals surface area contributed by atoms with Crippen LogP contribution in [0, 0.1) is 0 Å². The molecule has 0 aliphatic carbocycles. The number of ether oxygens (including phenoxy) is 1. The molecule has 1 saturated heterocycles. The number of morpholine rings is 1. The lowest BCUT2D eigenvalue weighted by atomic mass is 9.97. The zero-order chi connectivity index (χ0) is 17.6. The Kier molecular flexibility index (Phi) is 4.36. The standard InChI is InChI=1S/C19H21ClN2O2S/c1-19(2)11-24-15(12-4-3-5-14(20)6-12)10-22(19)18(23)16-7-13-8-21-9-17(13)25-16/h3-7,15,21H,8-11H2,1-2H3.